The molecule has 0 aromatic rings. The lowest BCUT2D eigenvalue weighted by Gasteiger charge is -2.54. The van der Waals surface area contributed by atoms with E-state index >= 15 is 0 Å². The van der Waals surface area contributed by atoms with Gasteiger partial charge in [0.05, 0.1) is 0 Å². The van der Waals surface area contributed by atoms with E-state index in [1.165, 1.54) is 26.1 Å². The van der Waals surface area contributed by atoms with Gasteiger partial charge in [-0.1, -0.05) is 6.92 Å². The highest BCUT2D eigenvalue weighted by Crippen LogP contribution is 2.39. The summed E-state index contributed by atoms with van der Waals surface area (Å²) in [5.74, 6) is 0.910. The summed E-state index contributed by atoms with van der Waals surface area (Å²) in [6, 6.07) is 0. The minimum atomic E-state index is 0.556. The zero-order valence-corrected chi connectivity index (χ0v) is 6.85. The molecule has 2 saturated heterocycles. The number of hydrogen-bond acceptors (Lipinski definition) is 2. The van der Waals surface area contributed by atoms with Crippen molar-refractivity contribution >= 4 is 0 Å². The fourth-order valence-electron chi connectivity index (χ4n) is 2.47. The van der Waals surface area contributed by atoms with Gasteiger partial charge in [-0.25, -0.2) is 0 Å². The molecular formula is C8H16N2. The predicted molar refractivity (Wildman–Crippen MR) is 42.0 cm³/mol. The number of likely N-dealkylation sites (tertiary alicyclic amines) is 1. The Hall–Kier alpha value is -0.0800. The van der Waals surface area contributed by atoms with Gasteiger partial charge >= 0.3 is 0 Å². The molecule has 0 amide bonds. The van der Waals surface area contributed by atoms with Crippen molar-refractivity contribution < 1.29 is 0 Å². The zero-order valence-electron chi connectivity index (χ0n) is 6.85. The summed E-state index contributed by atoms with van der Waals surface area (Å²) in [5.41, 5.74) is 0.556. The van der Waals surface area contributed by atoms with Crippen LogP contribution in [0, 0.1) is 5.92 Å². The molecule has 1 N–H and O–H groups in total. The van der Waals surface area contributed by atoms with Crippen molar-refractivity contribution in [2.45, 2.75) is 18.9 Å². The third-order valence-electron chi connectivity index (χ3n) is 3.39. The van der Waals surface area contributed by atoms with Gasteiger partial charge in [0.15, 0.2) is 0 Å². The van der Waals surface area contributed by atoms with E-state index in [-0.39, 0.29) is 0 Å². The molecule has 2 aliphatic rings. The topological polar surface area (TPSA) is 15.3 Å². The molecule has 2 fully saturated rings. The Bertz CT molecular complexity index is 128. The first-order chi connectivity index (χ1) is 4.76. The van der Waals surface area contributed by atoms with Crippen molar-refractivity contribution in [3.63, 3.8) is 0 Å². The highest BCUT2D eigenvalue weighted by Gasteiger charge is 2.50. The molecule has 0 radical (unpaired) electrons. The van der Waals surface area contributed by atoms with Gasteiger partial charge in [0.25, 0.3) is 0 Å². The minimum absolute atomic E-state index is 0.556. The van der Waals surface area contributed by atoms with E-state index in [2.05, 4.69) is 24.2 Å². The van der Waals surface area contributed by atoms with Crippen LogP contribution in [0.3, 0.4) is 0 Å². The monoisotopic (exact) mass is 140 g/mol. The average molecular weight is 140 g/mol. The van der Waals surface area contributed by atoms with Crippen molar-refractivity contribution in [1.82, 2.24) is 10.2 Å². The van der Waals surface area contributed by atoms with E-state index in [4.69, 9.17) is 0 Å². The maximum absolute atomic E-state index is 3.43. The molecule has 0 aromatic carbocycles. The van der Waals surface area contributed by atoms with Crippen molar-refractivity contribution in [3.8, 4) is 0 Å². The Labute approximate surface area is 62.6 Å². The second kappa shape index (κ2) is 1.95. The van der Waals surface area contributed by atoms with Gasteiger partial charge in [-0.2, -0.15) is 0 Å². The number of likely N-dealkylation sites (N-methyl/N-ethyl adjacent to an activating group) is 1. The highest BCUT2D eigenvalue weighted by atomic mass is 15.3. The van der Waals surface area contributed by atoms with Crippen LogP contribution < -0.4 is 5.32 Å². The van der Waals surface area contributed by atoms with Crippen molar-refractivity contribution in [2.75, 3.05) is 26.7 Å². The molecular weight excluding hydrogens is 124 g/mol. The largest absolute Gasteiger partial charge is 0.315 e. The second-order valence-corrected chi connectivity index (χ2v) is 3.81. The molecule has 58 valence electrons. The van der Waals surface area contributed by atoms with E-state index in [1.807, 2.05) is 0 Å². The van der Waals surface area contributed by atoms with Gasteiger partial charge < -0.3 is 5.32 Å². The van der Waals surface area contributed by atoms with E-state index in [9.17, 15) is 0 Å². The average Bonchev–Trinajstić information content (AvgIpc) is 2.37. The van der Waals surface area contributed by atoms with E-state index < -0.39 is 0 Å². The number of nitrogens with zero attached hydrogens (tertiary/aromatic N) is 1. The number of nitrogens with one attached hydrogen (secondary N) is 1. The first-order valence-corrected chi connectivity index (χ1v) is 4.18. The summed E-state index contributed by atoms with van der Waals surface area (Å²) in [4.78, 5) is 2.50. The Kier molecular flexibility index (Phi) is 1.29. The molecule has 2 heterocycles. The van der Waals surface area contributed by atoms with Crippen LogP contribution in [0.15, 0.2) is 0 Å². The number of hydrogen-bond donors (Lipinski definition) is 1. The smallest absolute Gasteiger partial charge is 0.0380 e. The van der Waals surface area contributed by atoms with Crippen molar-refractivity contribution in [1.29, 1.82) is 0 Å². The van der Waals surface area contributed by atoms with Gasteiger partial charge in [-0.3, -0.25) is 4.90 Å². The molecule has 2 aliphatic heterocycles. The lowest BCUT2D eigenvalue weighted by Crippen LogP contribution is -2.65. The first kappa shape index (κ1) is 6.62. The van der Waals surface area contributed by atoms with Crippen molar-refractivity contribution in [2.24, 2.45) is 5.92 Å². The van der Waals surface area contributed by atoms with Gasteiger partial charge in [-0.15, -0.1) is 0 Å². The van der Waals surface area contributed by atoms with Gasteiger partial charge in [0, 0.05) is 18.6 Å². The van der Waals surface area contributed by atoms with Crippen LogP contribution in [-0.4, -0.2) is 37.1 Å². The summed E-state index contributed by atoms with van der Waals surface area (Å²) in [6.07, 6.45) is 1.35. The molecule has 1 spiro atoms. The molecule has 0 aliphatic carbocycles. The second-order valence-electron chi connectivity index (χ2n) is 3.81. The fraction of sp³-hybridized carbons (Fsp3) is 1.00. The van der Waals surface area contributed by atoms with Crippen LogP contribution in [0.25, 0.3) is 0 Å². The van der Waals surface area contributed by atoms with Crippen LogP contribution >= 0.6 is 0 Å². The Morgan fingerprint density at radius 2 is 2.40 bits per heavy atom. The van der Waals surface area contributed by atoms with Gasteiger partial charge in [0.1, 0.15) is 0 Å². The quantitative estimate of drug-likeness (QED) is 0.520. The third kappa shape index (κ3) is 0.611. The molecule has 2 rings (SSSR count). The van der Waals surface area contributed by atoms with Crippen molar-refractivity contribution in [3.05, 3.63) is 0 Å². The molecule has 2 heteroatoms. The summed E-state index contributed by atoms with van der Waals surface area (Å²) >= 11 is 0. The molecule has 10 heavy (non-hydrogen) atoms. The van der Waals surface area contributed by atoms with E-state index in [0.29, 0.717) is 5.54 Å². The molecule has 2 unspecified atom stereocenters. The summed E-state index contributed by atoms with van der Waals surface area (Å²) < 4.78 is 0. The molecule has 0 bridgehead atoms. The molecule has 2 nitrogen and oxygen atoms in total. The highest BCUT2D eigenvalue weighted by molar-refractivity contribution is 5.07. The van der Waals surface area contributed by atoms with Gasteiger partial charge in [-0.05, 0) is 25.9 Å². The normalized spacial score (nSPS) is 48.0. The minimum Gasteiger partial charge on any atom is -0.315 e. The number of rotatable bonds is 0. The van der Waals surface area contributed by atoms with Crippen LogP contribution in [0.5, 0.6) is 0 Å². The van der Waals surface area contributed by atoms with Crippen LogP contribution in [-0.2, 0) is 0 Å². The van der Waals surface area contributed by atoms with Crippen LogP contribution in [0.2, 0.25) is 0 Å². The first-order valence-electron chi connectivity index (χ1n) is 4.18. The van der Waals surface area contributed by atoms with Gasteiger partial charge in [0.2, 0.25) is 0 Å². The third-order valence-corrected chi connectivity index (χ3v) is 3.39. The summed E-state index contributed by atoms with van der Waals surface area (Å²) in [5, 5.41) is 3.43. The lowest BCUT2D eigenvalue weighted by atomic mass is 9.75. The maximum Gasteiger partial charge on any atom is 0.0380 e. The predicted octanol–water partition coefficient (Wildman–Crippen LogP) is 0.300. The van der Waals surface area contributed by atoms with E-state index in [1.54, 1.807) is 0 Å². The van der Waals surface area contributed by atoms with Crippen LogP contribution in [0.1, 0.15) is 13.3 Å². The van der Waals surface area contributed by atoms with E-state index in [0.717, 1.165) is 5.92 Å². The standard InChI is InChI=1S/C8H16N2/c1-7-5-10(2)8(7)3-4-9-6-8/h7,9H,3-6H2,1-2H3. The Morgan fingerprint density at radius 1 is 1.60 bits per heavy atom. The molecule has 2 atom stereocenters. The molecule has 0 aromatic heterocycles. The molecule has 0 saturated carbocycles. The summed E-state index contributed by atoms with van der Waals surface area (Å²) in [7, 11) is 2.24. The fourth-order valence-corrected chi connectivity index (χ4v) is 2.47. The zero-order chi connectivity index (χ0) is 7.19. The van der Waals surface area contributed by atoms with Crippen LogP contribution in [0.4, 0.5) is 0 Å². The Balaban J connectivity index is 2.12. The Morgan fingerprint density at radius 3 is 2.70 bits per heavy atom. The SMILES string of the molecule is CC1CN(C)C12CCNC2. The lowest BCUT2D eigenvalue weighted by molar-refractivity contribution is -0.0366. The summed E-state index contributed by atoms with van der Waals surface area (Å²) in [6.45, 7) is 6.09. The maximum atomic E-state index is 3.43.